The minimum atomic E-state index is -4.21. The number of fused-ring (bicyclic) bond motifs is 1. The predicted octanol–water partition coefficient (Wildman–Crippen LogP) is 4.49. The summed E-state index contributed by atoms with van der Waals surface area (Å²) in [6, 6.07) is 1.04. The standard InChI is InChI=1S/C21H24F3N3O4/c1-20(9-10-20)8-2-3-12-11-15(28)30-18-16(12)17(29)25-19(26-18)31-27-14-6-4-13(5-7-14)21(22,23)24/h11,13H,2-10H2,1H3,(H,25,26,29). The molecule has 2 heterocycles. The van der Waals surface area contributed by atoms with Gasteiger partial charge in [-0.3, -0.25) is 9.78 Å². The second-order valence-corrected chi connectivity index (χ2v) is 8.87. The summed E-state index contributed by atoms with van der Waals surface area (Å²) in [6.45, 7) is 2.22. The zero-order valence-electron chi connectivity index (χ0n) is 17.2. The Morgan fingerprint density at radius 1 is 1.29 bits per heavy atom. The number of aromatic nitrogens is 2. The summed E-state index contributed by atoms with van der Waals surface area (Å²) in [5.74, 6) is -1.33. The Hall–Kier alpha value is -2.65. The summed E-state index contributed by atoms with van der Waals surface area (Å²) in [7, 11) is 0. The van der Waals surface area contributed by atoms with Crippen molar-refractivity contribution in [1.82, 2.24) is 9.97 Å². The van der Waals surface area contributed by atoms with Gasteiger partial charge >= 0.3 is 17.8 Å². The largest absolute Gasteiger partial charge is 0.403 e. The minimum Gasteiger partial charge on any atom is -0.403 e. The van der Waals surface area contributed by atoms with Gasteiger partial charge in [-0.25, -0.2) is 4.79 Å². The lowest BCUT2D eigenvalue weighted by Gasteiger charge is -2.24. The Labute approximate surface area is 175 Å². The van der Waals surface area contributed by atoms with E-state index in [1.165, 1.54) is 18.9 Å². The van der Waals surface area contributed by atoms with Gasteiger partial charge < -0.3 is 9.25 Å². The Morgan fingerprint density at radius 3 is 2.65 bits per heavy atom. The van der Waals surface area contributed by atoms with Gasteiger partial charge in [-0.15, -0.1) is 0 Å². The maximum atomic E-state index is 12.8. The van der Waals surface area contributed by atoms with E-state index < -0.39 is 23.3 Å². The van der Waals surface area contributed by atoms with E-state index in [0.29, 0.717) is 23.1 Å². The molecule has 0 bridgehead atoms. The van der Waals surface area contributed by atoms with Gasteiger partial charge in [0, 0.05) is 6.07 Å². The molecular weight excluding hydrogens is 415 g/mol. The molecule has 10 heteroatoms. The second-order valence-electron chi connectivity index (χ2n) is 8.87. The van der Waals surface area contributed by atoms with Gasteiger partial charge in [0.25, 0.3) is 5.56 Å². The van der Waals surface area contributed by atoms with Crippen molar-refractivity contribution in [2.45, 2.75) is 70.9 Å². The van der Waals surface area contributed by atoms with Gasteiger partial charge in [-0.05, 0) is 68.8 Å². The first kappa shape index (κ1) is 21.6. The van der Waals surface area contributed by atoms with Crippen LogP contribution < -0.4 is 16.0 Å². The number of H-pyrrole nitrogens is 1. The third kappa shape index (κ3) is 5.16. The number of halogens is 3. The smallest absolute Gasteiger partial charge is 0.391 e. The highest BCUT2D eigenvalue weighted by Gasteiger charge is 2.40. The summed E-state index contributed by atoms with van der Waals surface area (Å²) in [5.41, 5.74) is 0.150. The highest BCUT2D eigenvalue weighted by molar-refractivity contribution is 5.84. The minimum absolute atomic E-state index is 0.0509. The van der Waals surface area contributed by atoms with Crippen molar-refractivity contribution < 1.29 is 22.4 Å². The Kier molecular flexibility index (Phi) is 5.65. The van der Waals surface area contributed by atoms with Gasteiger partial charge in [0.05, 0.1) is 11.6 Å². The third-order valence-corrected chi connectivity index (χ3v) is 6.29. The second kappa shape index (κ2) is 8.12. The average Bonchev–Trinajstić information content (AvgIpc) is 3.42. The van der Waals surface area contributed by atoms with Gasteiger partial charge in [-0.2, -0.15) is 18.2 Å². The fourth-order valence-electron chi connectivity index (χ4n) is 4.02. The van der Waals surface area contributed by atoms with Crippen molar-refractivity contribution >= 4 is 16.8 Å². The molecule has 0 atom stereocenters. The first-order chi connectivity index (χ1) is 14.6. The molecule has 0 saturated heterocycles. The van der Waals surface area contributed by atoms with Crippen molar-refractivity contribution in [3.05, 3.63) is 32.4 Å². The molecule has 0 unspecified atom stereocenters. The van der Waals surface area contributed by atoms with E-state index in [4.69, 9.17) is 9.25 Å². The van der Waals surface area contributed by atoms with Crippen LogP contribution in [-0.2, 0) is 6.42 Å². The van der Waals surface area contributed by atoms with Gasteiger partial charge in [-0.1, -0.05) is 12.1 Å². The quantitative estimate of drug-likeness (QED) is 0.669. The number of oxime groups is 1. The first-order valence-corrected chi connectivity index (χ1v) is 10.5. The van der Waals surface area contributed by atoms with Crippen molar-refractivity contribution in [3.63, 3.8) is 0 Å². The summed E-state index contributed by atoms with van der Waals surface area (Å²) in [4.78, 5) is 36.2. The van der Waals surface area contributed by atoms with Crippen LogP contribution in [0, 0.1) is 11.3 Å². The third-order valence-electron chi connectivity index (χ3n) is 6.29. The van der Waals surface area contributed by atoms with Crippen LogP contribution in [0.4, 0.5) is 13.2 Å². The van der Waals surface area contributed by atoms with Crippen LogP contribution >= 0.6 is 0 Å². The van der Waals surface area contributed by atoms with Gasteiger partial charge in [0.1, 0.15) is 5.39 Å². The number of hydrogen-bond donors (Lipinski definition) is 1. The number of aryl methyl sites for hydroxylation is 1. The van der Waals surface area contributed by atoms with E-state index in [9.17, 15) is 22.8 Å². The fraction of sp³-hybridized carbons (Fsp3) is 0.619. The first-order valence-electron chi connectivity index (χ1n) is 10.5. The van der Waals surface area contributed by atoms with Crippen molar-refractivity contribution in [2.75, 3.05) is 0 Å². The van der Waals surface area contributed by atoms with E-state index in [1.54, 1.807) is 0 Å². The molecule has 0 aliphatic heterocycles. The number of aromatic amines is 1. The summed E-state index contributed by atoms with van der Waals surface area (Å²) < 4.78 is 43.4. The molecule has 2 aliphatic rings. The number of hydrogen-bond acceptors (Lipinski definition) is 6. The molecular formula is C21H24F3N3O4. The number of nitrogens with zero attached hydrogens (tertiary/aromatic N) is 2. The maximum Gasteiger partial charge on any atom is 0.391 e. The molecule has 2 aromatic rings. The summed E-state index contributed by atoms with van der Waals surface area (Å²) >= 11 is 0. The van der Waals surface area contributed by atoms with E-state index >= 15 is 0 Å². The number of nitrogens with one attached hydrogen (secondary N) is 1. The molecule has 0 aromatic carbocycles. The van der Waals surface area contributed by atoms with E-state index in [1.807, 2.05) is 0 Å². The van der Waals surface area contributed by atoms with Crippen LogP contribution in [0.25, 0.3) is 11.1 Å². The van der Waals surface area contributed by atoms with Crippen LogP contribution in [0.15, 0.2) is 25.2 Å². The molecule has 0 amide bonds. The molecule has 2 fully saturated rings. The fourth-order valence-corrected chi connectivity index (χ4v) is 4.02. The Morgan fingerprint density at radius 2 is 2.00 bits per heavy atom. The molecule has 0 radical (unpaired) electrons. The van der Waals surface area contributed by atoms with E-state index in [2.05, 4.69) is 22.0 Å². The Balaban J connectivity index is 1.48. The van der Waals surface area contributed by atoms with Crippen LogP contribution in [0.5, 0.6) is 6.01 Å². The molecule has 2 aromatic heterocycles. The van der Waals surface area contributed by atoms with Crippen molar-refractivity contribution in [3.8, 4) is 6.01 Å². The number of alkyl halides is 3. The SMILES string of the molecule is CC1(CCCc2cc(=O)oc3nc(ON=C4CCC(C(F)(F)F)CC4)[nH]c(=O)c23)CC1. The van der Waals surface area contributed by atoms with E-state index in [0.717, 1.165) is 12.8 Å². The number of rotatable bonds is 6. The van der Waals surface area contributed by atoms with Gasteiger partial charge in [0.15, 0.2) is 0 Å². The lowest BCUT2D eigenvalue weighted by molar-refractivity contribution is -0.178. The molecule has 0 spiro atoms. The van der Waals surface area contributed by atoms with Crippen LogP contribution in [0.3, 0.4) is 0 Å². The van der Waals surface area contributed by atoms with Crippen LogP contribution in [0.2, 0.25) is 0 Å². The maximum absolute atomic E-state index is 12.8. The van der Waals surface area contributed by atoms with Crippen molar-refractivity contribution in [1.29, 1.82) is 0 Å². The van der Waals surface area contributed by atoms with Crippen molar-refractivity contribution in [2.24, 2.45) is 16.5 Å². The molecule has 168 valence electrons. The lowest BCUT2D eigenvalue weighted by atomic mass is 9.87. The van der Waals surface area contributed by atoms with Crippen LogP contribution in [0.1, 0.15) is 63.9 Å². The molecule has 4 rings (SSSR count). The zero-order valence-corrected chi connectivity index (χ0v) is 17.2. The monoisotopic (exact) mass is 439 g/mol. The van der Waals surface area contributed by atoms with Gasteiger partial charge in [0.2, 0.25) is 5.71 Å². The van der Waals surface area contributed by atoms with E-state index in [-0.39, 0.29) is 42.8 Å². The summed E-state index contributed by atoms with van der Waals surface area (Å²) in [5, 5.41) is 4.04. The molecule has 2 saturated carbocycles. The average molecular weight is 439 g/mol. The summed E-state index contributed by atoms with van der Waals surface area (Å²) in [6.07, 6.45) is 0.830. The molecule has 7 nitrogen and oxygen atoms in total. The molecule has 1 N–H and O–H groups in total. The molecule has 2 aliphatic carbocycles. The highest BCUT2D eigenvalue weighted by Crippen LogP contribution is 2.49. The topological polar surface area (TPSA) is 97.5 Å². The predicted molar refractivity (Wildman–Crippen MR) is 107 cm³/mol. The highest BCUT2D eigenvalue weighted by atomic mass is 19.4. The Bertz CT molecular complexity index is 1110. The zero-order chi connectivity index (χ0) is 22.2. The molecule has 31 heavy (non-hydrogen) atoms. The lowest BCUT2D eigenvalue weighted by Crippen LogP contribution is -2.28. The van der Waals surface area contributed by atoms with Crippen LogP contribution in [-0.4, -0.2) is 21.9 Å². The normalized spacial score (nSPS) is 20.6.